The van der Waals surface area contributed by atoms with Crippen molar-refractivity contribution >= 4 is 22.3 Å². The minimum absolute atomic E-state index is 0.130. The molecule has 27 heavy (non-hydrogen) atoms. The Morgan fingerprint density at radius 2 is 1.96 bits per heavy atom. The standard InChI is InChI=1S/C14H24N4O8S/c19-13(16-25-8-7-24-11-3-5-15-6-4-11)12-2-1-10-9-17(12)14(20)18(10)26-27(21,22)23/h10-12,15H,1-9H2,(H,16,19)(H,21,22,23)/t10-,12+/m1/s1. The summed E-state index contributed by atoms with van der Waals surface area (Å²) in [6, 6.07) is -2.12. The van der Waals surface area contributed by atoms with Gasteiger partial charge in [0.25, 0.3) is 5.91 Å². The number of carbonyl (C=O) groups excluding carboxylic acids is 2. The first kappa shape index (κ1) is 20.2. The largest absolute Gasteiger partial charge is 0.418 e. The molecule has 3 aliphatic heterocycles. The van der Waals surface area contributed by atoms with Crippen molar-refractivity contribution < 1.29 is 36.4 Å². The van der Waals surface area contributed by atoms with E-state index in [2.05, 4.69) is 15.1 Å². The minimum atomic E-state index is -4.81. The number of nitrogens with zero attached hydrogens (tertiary/aromatic N) is 2. The van der Waals surface area contributed by atoms with Crippen LogP contribution in [0, 0.1) is 0 Å². The molecule has 0 aromatic heterocycles. The van der Waals surface area contributed by atoms with E-state index >= 15 is 0 Å². The van der Waals surface area contributed by atoms with Crippen LogP contribution in [0.1, 0.15) is 25.7 Å². The quantitative estimate of drug-likeness (QED) is 0.256. The van der Waals surface area contributed by atoms with Crippen LogP contribution in [-0.2, 0) is 29.1 Å². The van der Waals surface area contributed by atoms with Crippen molar-refractivity contribution in [3.05, 3.63) is 0 Å². The van der Waals surface area contributed by atoms with E-state index in [0.717, 1.165) is 25.9 Å². The maximum absolute atomic E-state index is 12.3. The van der Waals surface area contributed by atoms with Gasteiger partial charge in [0, 0.05) is 6.54 Å². The highest BCUT2D eigenvalue weighted by Crippen LogP contribution is 2.30. The summed E-state index contributed by atoms with van der Waals surface area (Å²) in [6.07, 6.45) is 2.75. The van der Waals surface area contributed by atoms with Crippen LogP contribution in [0.2, 0.25) is 0 Å². The predicted molar refractivity (Wildman–Crippen MR) is 89.3 cm³/mol. The first-order valence-electron chi connectivity index (χ1n) is 8.86. The number of hydrogen-bond acceptors (Lipinski definition) is 8. The fourth-order valence-electron chi connectivity index (χ4n) is 3.51. The Morgan fingerprint density at radius 1 is 1.22 bits per heavy atom. The summed E-state index contributed by atoms with van der Waals surface area (Å²) < 4.78 is 40.5. The summed E-state index contributed by atoms with van der Waals surface area (Å²) in [7, 11) is -4.81. The molecular formula is C14H24N4O8S. The third-order valence-electron chi connectivity index (χ3n) is 4.80. The SMILES string of the molecule is O=C(NOCCOC1CCNCC1)[C@@H]1CC[C@@H]2CN1C(=O)N2OS(=O)(=O)O. The Bertz CT molecular complexity index is 654. The van der Waals surface area contributed by atoms with E-state index in [1.165, 1.54) is 4.90 Å². The second-order valence-corrected chi connectivity index (χ2v) is 7.65. The van der Waals surface area contributed by atoms with Crippen LogP contribution in [0.25, 0.3) is 0 Å². The molecular weight excluding hydrogens is 384 g/mol. The van der Waals surface area contributed by atoms with Crippen molar-refractivity contribution in [2.24, 2.45) is 0 Å². The van der Waals surface area contributed by atoms with Gasteiger partial charge < -0.3 is 15.0 Å². The molecule has 2 bridgehead atoms. The Morgan fingerprint density at radius 3 is 2.67 bits per heavy atom. The van der Waals surface area contributed by atoms with Crippen molar-refractivity contribution in [1.82, 2.24) is 20.8 Å². The van der Waals surface area contributed by atoms with Crippen molar-refractivity contribution in [3.8, 4) is 0 Å². The number of piperidine rings is 2. The Labute approximate surface area is 156 Å². The van der Waals surface area contributed by atoms with Crippen molar-refractivity contribution in [2.45, 2.75) is 43.9 Å². The maximum atomic E-state index is 12.3. The fraction of sp³-hybridized carbons (Fsp3) is 0.857. The summed E-state index contributed by atoms with van der Waals surface area (Å²) >= 11 is 0. The highest BCUT2D eigenvalue weighted by atomic mass is 32.3. The molecule has 0 spiro atoms. The molecule has 0 unspecified atom stereocenters. The number of amides is 3. The van der Waals surface area contributed by atoms with Crippen molar-refractivity contribution in [1.29, 1.82) is 0 Å². The zero-order valence-corrected chi connectivity index (χ0v) is 15.5. The predicted octanol–water partition coefficient (Wildman–Crippen LogP) is -1.19. The molecule has 0 saturated carbocycles. The van der Waals surface area contributed by atoms with E-state index in [1.54, 1.807) is 0 Å². The van der Waals surface area contributed by atoms with E-state index in [1.807, 2.05) is 0 Å². The molecule has 3 rings (SSSR count). The molecule has 3 N–H and O–H groups in total. The van der Waals surface area contributed by atoms with Crippen molar-refractivity contribution in [2.75, 3.05) is 32.8 Å². The van der Waals surface area contributed by atoms with Crippen LogP contribution < -0.4 is 10.8 Å². The molecule has 0 aromatic rings. The molecule has 0 aromatic carbocycles. The lowest BCUT2D eigenvalue weighted by Crippen LogP contribution is -2.49. The maximum Gasteiger partial charge on any atom is 0.418 e. The van der Waals surface area contributed by atoms with Crippen LogP contribution >= 0.6 is 0 Å². The topological polar surface area (TPSA) is 147 Å². The number of nitrogens with one attached hydrogen (secondary N) is 2. The number of rotatable bonds is 8. The first-order chi connectivity index (χ1) is 12.8. The number of urea groups is 1. The van der Waals surface area contributed by atoms with E-state index in [4.69, 9.17) is 14.1 Å². The molecule has 3 amide bonds. The van der Waals surface area contributed by atoms with Crippen LogP contribution in [0.3, 0.4) is 0 Å². The zero-order chi connectivity index (χ0) is 19.4. The molecule has 3 aliphatic rings. The van der Waals surface area contributed by atoms with Gasteiger partial charge in [0.1, 0.15) is 6.04 Å². The average molecular weight is 408 g/mol. The summed E-state index contributed by atoms with van der Waals surface area (Å²) in [4.78, 5) is 30.8. The molecule has 0 radical (unpaired) electrons. The third-order valence-corrected chi connectivity index (χ3v) is 5.15. The number of carbonyl (C=O) groups is 2. The van der Waals surface area contributed by atoms with Gasteiger partial charge in [-0.15, -0.1) is 4.28 Å². The number of hydrogen-bond donors (Lipinski definition) is 3. The van der Waals surface area contributed by atoms with E-state index < -0.39 is 34.4 Å². The molecule has 0 aliphatic carbocycles. The second-order valence-electron chi connectivity index (χ2n) is 6.64. The zero-order valence-electron chi connectivity index (χ0n) is 14.7. The molecule has 3 fully saturated rings. The van der Waals surface area contributed by atoms with Crippen LogP contribution in [0.15, 0.2) is 0 Å². The Balaban J connectivity index is 1.41. The summed E-state index contributed by atoms with van der Waals surface area (Å²) in [5.41, 5.74) is 2.30. The number of fused-ring (bicyclic) bond motifs is 2. The normalized spacial score (nSPS) is 26.5. The van der Waals surface area contributed by atoms with E-state index in [9.17, 15) is 18.0 Å². The molecule has 3 saturated heterocycles. The molecule has 154 valence electrons. The summed E-state index contributed by atoms with van der Waals surface area (Å²) in [6.45, 7) is 2.50. The summed E-state index contributed by atoms with van der Waals surface area (Å²) in [5.74, 6) is -0.502. The van der Waals surface area contributed by atoms with Crippen LogP contribution in [0.5, 0.6) is 0 Å². The monoisotopic (exact) mass is 408 g/mol. The molecule has 3 heterocycles. The number of ether oxygens (including phenoxy) is 1. The summed E-state index contributed by atoms with van der Waals surface area (Å²) in [5, 5.41) is 3.83. The first-order valence-corrected chi connectivity index (χ1v) is 10.2. The van der Waals surface area contributed by atoms with Gasteiger partial charge >= 0.3 is 16.4 Å². The van der Waals surface area contributed by atoms with Gasteiger partial charge in [0.05, 0.1) is 25.4 Å². The third kappa shape index (κ3) is 5.27. The number of hydroxylamine groups is 3. The van der Waals surface area contributed by atoms with Gasteiger partial charge in [-0.3, -0.25) is 14.2 Å². The van der Waals surface area contributed by atoms with Gasteiger partial charge in [0.15, 0.2) is 0 Å². The van der Waals surface area contributed by atoms with Crippen LogP contribution in [0.4, 0.5) is 4.79 Å². The highest BCUT2D eigenvalue weighted by molar-refractivity contribution is 7.80. The lowest BCUT2D eigenvalue weighted by atomic mass is 10.0. The highest BCUT2D eigenvalue weighted by Gasteiger charge is 2.49. The molecule has 12 nitrogen and oxygen atoms in total. The Kier molecular flexibility index (Phi) is 6.49. The van der Waals surface area contributed by atoms with Gasteiger partial charge in [-0.25, -0.2) is 10.3 Å². The van der Waals surface area contributed by atoms with Gasteiger partial charge in [-0.2, -0.15) is 13.5 Å². The van der Waals surface area contributed by atoms with Gasteiger partial charge in [-0.05, 0) is 38.8 Å². The molecule has 13 heteroatoms. The minimum Gasteiger partial charge on any atom is -0.376 e. The fourth-order valence-corrected chi connectivity index (χ4v) is 3.90. The second kappa shape index (κ2) is 8.67. The average Bonchev–Trinajstić information content (AvgIpc) is 2.86. The van der Waals surface area contributed by atoms with E-state index in [-0.39, 0.29) is 19.3 Å². The Hall–Kier alpha value is -1.51. The van der Waals surface area contributed by atoms with Crippen LogP contribution in [-0.4, -0.2) is 85.9 Å². The lowest BCUT2D eigenvalue weighted by Gasteiger charge is -2.29. The van der Waals surface area contributed by atoms with Gasteiger partial charge in [-0.1, -0.05) is 0 Å². The molecule has 2 atom stereocenters. The van der Waals surface area contributed by atoms with E-state index in [0.29, 0.717) is 24.5 Å². The van der Waals surface area contributed by atoms with Crippen molar-refractivity contribution in [3.63, 3.8) is 0 Å². The smallest absolute Gasteiger partial charge is 0.376 e. The lowest BCUT2D eigenvalue weighted by molar-refractivity contribution is -0.140. The van der Waals surface area contributed by atoms with Gasteiger partial charge in [0.2, 0.25) is 0 Å².